The van der Waals surface area contributed by atoms with Crippen molar-refractivity contribution in [2.24, 2.45) is 23.2 Å². The molecule has 6 heteroatoms. The molecule has 2 heterocycles. The van der Waals surface area contributed by atoms with Gasteiger partial charge in [0.05, 0.1) is 22.7 Å². The Balaban J connectivity index is 2.46. The topological polar surface area (TPSA) is 76.7 Å². The van der Waals surface area contributed by atoms with Gasteiger partial charge in [0.15, 0.2) is 0 Å². The lowest BCUT2D eigenvalue weighted by Crippen LogP contribution is -2.57. The SMILES string of the molecule is CC[C@H]1CC(=O)C(C)(C)C(=O)[C@H](C)C[C@](C)(OC)C[C@@H](C)CN[C@H](C)[C@H]2NC(C)O[C@]12C. The summed E-state index contributed by atoms with van der Waals surface area (Å²) in [5.41, 5.74) is -1.94. The average molecular weight is 453 g/mol. The molecule has 6 nitrogen and oxygen atoms in total. The summed E-state index contributed by atoms with van der Waals surface area (Å²) in [4.78, 5) is 27.0. The normalized spacial score (nSPS) is 44.6. The van der Waals surface area contributed by atoms with E-state index in [1.807, 2.05) is 13.8 Å². The third kappa shape index (κ3) is 5.63. The van der Waals surface area contributed by atoms with Crippen LogP contribution in [0.3, 0.4) is 0 Å². The monoisotopic (exact) mass is 452 g/mol. The van der Waals surface area contributed by atoms with E-state index >= 15 is 0 Å². The van der Waals surface area contributed by atoms with E-state index in [4.69, 9.17) is 9.47 Å². The van der Waals surface area contributed by atoms with Crippen molar-refractivity contribution in [1.82, 2.24) is 10.6 Å². The predicted octanol–water partition coefficient (Wildman–Crippen LogP) is 4.11. The zero-order chi connectivity index (χ0) is 24.5. The van der Waals surface area contributed by atoms with Gasteiger partial charge >= 0.3 is 0 Å². The van der Waals surface area contributed by atoms with Crippen LogP contribution in [-0.2, 0) is 19.1 Å². The highest BCUT2D eigenvalue weighted by Crippen LogP contribution is 2.40. The smallest absolute Gasteiger partial charge is 0.148 e. The minimum atomic E-state index is -1.03. The number of fused-ring (bicyclic) bond motifs is 1. The molecule has 0 aromatic rings. The molecule has 0 spiro atoms. The fraction of sp³-hybridized carbons (Fsp3) is 0.923. The summed E-state index contributed by atoms with van der Waals surface area (Å²) in [6.07, 6.45) is 2.53. The molecular weight excluding hydrogens is 404 g/mol. The summed E-state index contributed by atoms with van der Waals surface area (Å²) in [5, 5.41) is 7.33. The fourth-order valence-electron chi connectivity index (χ4n) is 6.19. The van der Waals surface area contributed by atoms with Gasteiger partial charge in [0.2, 0.25) is 0 Å². The summed E-state index contributed by atoms with van der Waals surface area (Å²) in [6, 6.07) is 0.239. The van der Waals surface area contributed by atoms with E-state index < -0.39 is 16.6 Å². The van der Waals surface area contributed by atoms with Gasteiger partial charge in [-0.3, -0.25) is 14.9 Å². The highest BCUT2D eigenvalue weighted by molar-refractivity contribution is 6.07. The average Bonchev–Trinajstić information content (AvgIpc) is 3.03. The molecule has 0 radical (unpaired) electrons. The molecule has 2 aliphatic heterocycles. The van der Waals surface area contributed by atoms with Crippen LogP contribution in [0.25, 0.3) is 0 Å². The molecular formula is C26H48N2O4. The fourth-order valence-corrected chi connectivity index (χ4v) is 6.19. The maximum Gasteiger partial charge on any atom is 0.148 e. The molecule has 2 saturated heterocycles. The summed E-state index contributed by atoms with van der Waals surface area (Å²) < 4.78 is 12.4. The molecule has 0 aromatic heterocycles. The highest BCUT2D eigenvalue weighted by Gasteiger charge is 2.52. The van der Waals surface area contributed by atoms with Crippen LogP contribution in [0.1, 0.15) is 88.0 Å². The molecule has 32 heavy (non-hydrogen) atoms. The van der Waals surface area contributed by atoms with Crippen molar-refractivity contribution >= 4 is 11.6 Å². The first kappa shape index (κ1) is 27.4. The first-order valence-electron chi connectivity index (χ1n) is 12.5. The number of ketones is 2. The van der Waals surface area contributed by atoms with Crippen molar-refractivity contribution in [2.45, 2.75) is 118 Å². The van der Waals surface area contributed by atoms with Crippen molar-refractivity contribution in [1.29, 1.82) is 0 Å². The van der Waals surface area contributed by atoms with Gasteiger partial charge in [-0.25, -0.2) is 0 Å². The van der Waals surface area contributed by atoms with Gasteiger partial charge in [-0.05, 0) is 72.8 Å². The lowest BCUT2D eigenvalue weighted by molar-refractivity contribution is -0.145. The minimum Gasteiger partial charge on any atom is -0.378 e. The first-order chi connectivity index (χ1) is 14.7. The Bertz CT molecular complexity index is 681. The van der Waals surface area contributed by atoms with E-state index in [-0.39, 0.29) is 41.7 Å². The summed E-state index contributed by atoms with van der Waals surface area (Å²) in [5.74, 6) is 0.159. The minimum absolute atomic E-state index is 0.00676. The first-order valence-corrected chi connectivity index (χ1v) is 12.5. The van der Waals surface area contributed by atoms with Gasteiger partial charge in [0.1, 0.15) is 17.8 Å². The zero-order valence-electron chi connectivity index (χ0n) is 22.1. The number of Topliss-reactive ketones (excluding diaryl/α,β-unsaturated/α-hetero) is 2. The Morgan fingerprint density at radius 2 is 1.69 bits per heavy atom. The molecule has 0 bridgehead atoms. The highest BCUT2D eigenvalue weighted by atomic mass is 16.5. The number of rotatable bonds is 2. The van der Waals surface area contributed by atoms with E-state index in [1.54, 1.807) is 21.0 Å². The molecule has 0 saturated carbocycles. The number of hydrogen-bond donors (Lipinski definition) is 2. The summed E-state index contributed by atoms with van der Waals surface area (Å²) in [7, 11) is 1.73. The van der Waals surface area contributed by atoms with E-state index in [0.717, 1.165) is 19.4 Å². The largest absolute Gasteiger partial charge is 0.378 e. The third-order valence-corrected chi connectivity index (χ3v) is 8.26. The van der Waals surface area contributed by atoms with Gasteiger partial charge < -0.3 is 14.8 Å². The van der Waals surface area contributed by atoms with Gasteiger partial charge in [0.25, 0.3) is 0 Å². The van der Waals surface area contributed by atoms with Crippen LogP contribution in [-0.4, -0.2) is 54.7 Å². The van der Waals surface area contributed by atoms with E-state index in [9.17, 15) is 9.59 Å². The van der Waals surface area contributed by atoms with Crippen molar-refractivity contribution in [2.75, 3.05) is 13.7 Å². The number of methoxy groups -OCH3 is 1. The van der Waals surface area contributed by atoms with Crippen LogP contribution in [0, 0.1) is 23.2 Å². The Labute approximate surface area is 196 Å². The molecule has 0 amide bonds. The summed E-state index contributed by atoms with van der Waals surface area (Å²) >= 11 is 0. The molecule has 2 aliphatic rings. The maximum absolute atomic E-state index is 13.5. The molecule has 186 valence electrons. The zero-order valence-corrected chi connectivity index (χ0v) is 22.1. The molecule has 0 aromatic carbocycles. The molecule has 8 atom stereocenters. The molecule has 2 fully saturated rings. The van der Waals surface area contributed by atoms with Crippen molar-refractivity contribution < 1.29 is 19.1 Å². The van der Waals surface area contributed by atoms with Gasteiger partial charge in [0, 0.05) is 25.5 Å². The predicted molar refractivity (Wildman–Crippen MR) is 129 cm³/mol. The summed E-state index contributed by atoms with van der Waals surface area (Å²) in [6.45, 7) is 19.2. The molecule has 2 N–H and O–H groups in total. The second-order valence-electron chi connectivity index (χ2n) is 11.6. The lowest BCUT2D eigenvalue weighted by Gasteiger charge is -2.41. The van der Waals surface area contributed by atoms with Gasteiger partial charge in [-0.1, -0.05) is 27.2 Å². The Kier molecular flexibility index (Phi) is 8.75. The van der Waals surface area contributed by atoms with E-state index in [0.29, 0.717) is 18.8 Å². The van der Waals surface area contributed by atoms with Crippen molar-refractivity contribution in [3.05, 3.63) is 0 Å². The van der Waals surface area contributed by atoms with Crippen LogP contribution in [0.5, 0.6) is 0 Å². The van der Waals surface area contributed by atoms with E-state index in [1.165, 1.54) is 0 Å². The Morgan fingerprint density at radius 1 is 1.06 bits per heavy atom. The van der Waals surface area contributed by atoms with Crippen molar-refractivity contribution in [3.63, 3.8) is 0 Å². The quantitative estimate of drug-likeness (QED) is 0.614. The van der Waals surface area contributed by atoms with Crippen LogP contribution >= 0.6 is 0 Å². The lowest BCUT2D eigenvalue weighted by atomic mass is 9.69. The third-order valence-electron chi connectivity index (χ3n) is 8.26. The van der Waals surface area contributed by atoms with Crippen LogP contribution in [0.2, 0.25) is 0 Å². The number of carbonyl (C=O) groups is 2. The number of nitrogens with one attached hydrogen (secondary N) is 2. The van der Waals surface area contributed by atoms with Gasteiger partial charge in [-0.2, -0.15) is 0 Å². The molecule has 1 unspecified atom stereocenters. The van der Waals surface area contributed by atoms with Crippen LogP contribution < -0.4 is 10.6 Å². The molecule has 2 rings (SSSR count). The van der Waals surface area contributed by atoms with Crippen molar-refractivity contribution in [3.8, 4) is 0 Å². The molecule has 0 aliphatic carbocycles. The van der Waals surface area contributed by atoms with Crippen LogP contribution in [0.4, 0.5) is 0 Å². The Morgan fingerprint density at radius 3 is 2.25 bits per heavy atom. The second-order valence-corrected chi connectivity index (χ2v) is 11.6. The van der Waals surface area contributed by atoms with Crippen LogP contribution in [0.15, 0.2) is 0 Å². The number of carbonyl (C=O) groups excluding carboxylic acids is 2. The number of hydrogen-bond acceptors (Lipinski definition) is 6. The standard InChI is InChI=1S/C26H48N2O4/c1-11-20-12-21(29)24(6,7)23(30)17(3)14-25(8,31-10)13-16(2)15-27-18(4)22-26(20,9)32-19(5)28-22/h16-20,22,27-28H,11-15H2,1-10H3/t16-,17-,18-,19?,20+,22-,25-,26-/m1/s1. The van der Waals surface area contributed by atoms with E-state index in [2.05, 4.69) is 45.3 Å². The maximum atomic E-state index is 13.5. The Hall–Kier alpha value is -0.820. The second kappa shape index (κ2) is 10.2. The number of ether oxygens (including phenoxy) is 2. The van der Waals surface area contributed by atoms with Gasteiger partial charge in [-0.15, -0.1) is 0 Å².